The van der Waals surface area contributed by atoms with E-state index < -0.39 is 0 Å². The number of benzene rings is 1. The molecule has 7 heteroatoms. The molecule has 0 radical (unpaired) electrons. The molecule has 2 rings (SSSR count). The first-order chi connectivity index (χ1) is 11.1. The second-order valence-corrected chi connectivity index (χ2v) is 4.90. The Labute approximate surface area is 134 Å². The molecule has 7 nitrogen and oxygen atoms in total. The monoisotopic (exact) mass is 314 g/mol. The summed E-state index contributed by atoms with van der Waals surface area (Å²) in [7, 11) is 0. The highest BCUT2D eigenvalue weighted by atomic mass is 16.5. The molecule has 0 bridgehead atoms. The minimum atomic E-state index is -0.385. The van der Waals surface area contributed by atoms with Crippen molar-refractivity contribution >= 4 is 23.4 Å². The summed E-state index contributed by atoms with van der Waals surface area (Å²) in [6, 6.07) is 8.52. The van der Waals surface area contributed by atoms with Crippen molar-refractivity contribution in [2.24, 2.45) is 0 Å². The first kappa shape index (κ1) is 16.3. The molecule has 0 aliphatic heterocycles. The van der Waals surface area contributed by atoms with Gasteiger partial charge in [0, 0.05) is 18.3 Å². The lowest BCUT2D eigenvalue weighted by molar-refractivity contribution is -0.116. The summed E-state index contributed by atoms with van der Waals surface area (Å²) >= 11 is 0. The Morgan fingerprint density at radius 2 is 2.00 bits per heavy atom. The Kier molecular flexibility index (Phi) is 5.51. The van der Waals surface area contributed by atoms with Gasteiger partial charge in [-0.1, -0.05) is 28.9 Å². The van der Waals surface area contributed by atoms with Crippen LogP contribution in [0, 0.1) is 6.92 Å². The number of rotatable bonds is 6. The van der Waals surface area contributed by atoms with Crippen molar-refractivity contribution in [2.45, 2.75) is 6.92 Å². The summed E-state index contributed by atoms with van der Waals surface area (Å²) < 4.78 is 4.63. The van der Waals surface area contributed by atoms with Crippen molar-refractivity contribution < 1.29 is 14.1 Å². The molecule has 0 saturated carbocycles. The SMILES string of the molecule is C=CCN(CC(=O)Nc1ccon1)C(=O)Nc1ccc(C)cc1. The van der Waals surface area contributed by atoms with Gasteiger partial charge in [-0.15, -0.1) is 6.58 Å². The second kappa shape index (κ2) is 7.79. The minimum absolute atomic E-state index is 0.128. The molecular formula is C16H18N4O3. The molecule has 2 aromatic rings. The predicted molar refractivity (Wildman–Crippen MR) is 87.1 cm³/mol. The van der Waals surface area contributed by atoms with E-state index in [1.54, 1.807) is 18.2 Å². The summed E-state index contributed by atoms with van der Waals surface area (Å²) in [6.45, 7) is 5.68. The van der Waals surface area contributed by atoms with Crippen molar-refractivity contribution in [3.8, 4) is 0 Å². The van der Waals surface area contributed by atoms with Gasteiger partial charge in [-0.25, -0.2) is 4.79 Å². The van der Waals surface area contributed by atoms with Gasteiger partial charge >= 0.3 is 6.03 Å². The summed E-state index contributed by atoms with van der Waals surface area (Å²) in [5.41, 5.74) is 1.75. The van der Waals surface area contributed by atoms with Gasteiger partial charge in [-0.3, -0.25) is 4.79 Å². The third kappa shape index (κ3) is 4.99. The Hall–Kier alpha value is -3.09. The van der Waals surface area contributed by atoms with E-state index in [0.717, 1.165) is 5.56 Å². The molecule has 0 aliphatic carbocycles. The molecule has 1 aromatic carbocycles. The van der Waals surface area contributed by atoms with Gasteiger partial charge in [0.25, 0.3) is 0 Å². The van der Waals surface area contributed by atoms with E-state index in [9.17, 15) is 9.59 Å². The lowest BCUT2D eigenvalue weighted by Crippen LogP contribution is -2.40. The topological polar surface area (TPSA) is 87.5 Å². The zero-order chi connectivity index (χ0) is 16.7. The fourth-order valence-corrected chi connectivity index (χ4v) is 1.85. The number of aryl methyl sites for hydroxylation is 1. The number of amides is 3. The Morgan fingerprint density at radius 1 is 1.26 bits per heavy atom. The summed E-state index contributed by atoms with van der Waals surface area (Å²) in [5, 5.41) is 8.86. The van der Waals surface area contributed by atoms with E-state index in [2.05, 4.69) is 26.9 Å². The van der Waals surface area contributed by atoms with E-state index in [1.807, 2.05) is 19.1 Å². The largest absolute Gasteiger partial charge is 0.363 e. The Morgan fingerprint density at radius 3 is 2.61 bits per heavy atom. The number of nitrogens with one attached hydrogen (secondary N) is 2. The maximum absolute atomic E-state index is 12.3. The maximum Gasteiger partial charge on any atom is 0.322 e. The quantitative estimate of drug-likeness (QED) is 0.802. The van der Waals surface area contributed by atoms with Crippen molar-refractivity contribution in [1.29, 1.82) is 0 Å². The highest BCUT2D eigenvalue weighted by Gasteiger charge is 2.16. The number of hydrogen-bond donors (Lipinski definition) is 2. The van der Waals surface area contributed by atoms with Gasteiger partial charge in [-0.2, -0.15) is 0 Å². The molecule has 120 valence electrons. The summed E-state index contributed by atoms with van der Waals surface area (Å²) in [4.78, 5) is 25.6. The number of anilines is 2. The summed E-state index contributed by atoms with van der Waals surface area (Å²) in [6.07, 6.45) is 2.90. The smallest absolute Gasteiger partial charge is 0.322 e. The average molecular weight is 314 g/mol. The van der Waals surface area contributed by atoms with E-state index >= 15 is 0 Å². The number of aromatic nitrogens is 1. The van der Waals surface area contributed by atoms with Gasteiger partial charge < -0.3 is 20.1 Å². The van der Waals surface area contributed by atoms with Crippen molar-refractivity contribution in [1.82, 2.24) is 10.1 Å². The normalized spacial score (nSPS) is 9.96. The van der Waals surface area contributed by atoms with Crippen LogP contribution in [0.25, 0.3) is 0 Å². The minimum Gasteiger partial charge on any atom is -0.363 e. The van der Waals surface area contributed by atoms with Crippen LogP contribution in [0.15, 0.2) is 53.8 Å². The molecule has 3 amide bonds. The average Bonchev–Trinajstić information content (AvgIpc) is 3.02. The number of urea groups is 1. The van der Waals surface area contributed by atoms with Gasteiger partial charge in [0.2, 0.25) is 5.91 Å². The first-order valence-corrected chi connectivity index (χ1v) is 7.02. The first-order valence-electron chi connectivity index (χ1n) is 7.02. The van der Waals surface area contributed by atoms with Gasteiger partial charge in [-0.05, 0) is 19.1 Å². The highest BCUT2D eigenvalue weighted by molar-refractivity contribution is 5.96. The van der Waals surface area contributed by atoms with Crippen molar-refractivity contribution in [3.63, 3.8) is 0 Å². The molecule has 0 spiro atoms. The van der Waals surface area contributed by atoms with Crippen LogP contribution in [0.4, 0.5) is 16.3 Å². The van der Waals surface area contributed by atoms with Crippen molar-refractivity contribution in [3.05, 3.63) is 54.8 Å². The van der Waals surface area contributed by atoms with E-state index in [4.69, 9.17) is 0 Å². The molecular weight excluding hydrogens is 296 g/mol. The molecule has 0 atom stereocenters. The lowest BCUT2D eigenvalue weighted by atomic mass is 10.2. The molecule has 2 N–H and O–H groups in total. The Bertz CT molecular complexity index is 665. The zero-order valence-corrected chi connectivity index (χ0v) is 12.8. The van der Waals surface area contributed by atoms with Gasteiger partial charge in [0.1, 0.15) is 12.8 Å². The van der Waals surface area contributed by atoms with Crippen molar-refractivity contribution in [2.75, 3.05) is 23.7 Å². The zero-order valence-electron chi connectivity index (χ0n) is 12.8. The molecule has 0 fully saturated rings. The lowest BCUT2D eigenvalue weighted by Gasteiger charge is -2.20. The number of hydrogen-bond acceptors (Lipinski definition) is 4. The molecule has 0 aliphatic rings. The van der Waals surface area contributed by atoms with Crippen LogP contribution >= 0.6 is 0 Å². The molecule has 1 heterocycles. The van der Waals surface area contributed by atoms with E-state index in [-0.39, 0.29) is 25.0 Å². The molecule has 1 aromatic heterocycles. The molecule has 0 unspecified atom stereocenters. The third-order valence-corrected chi connectivity index (χ3v) is 2.98. The third-order valence-electron chi connectivity index (χ3n) is 2.98. The maximum atomic E-state index is 12.3. The van der Waals surface area contributed by atoms with Crippen LogP contribution in [-0.4, -0.2) is 35.1 Å². The molecule has 23 heavy (non-hydrogen) atoms. The second-order valence-electron chi connectivity index (χ2n) is 4.90. The fourth-order valence-electron chi connectivity index (χ4n) is 1.85. The fraction of sp³-hybridized carbons (Fsp3) is 0.188. The number of carbonyl (C=O) groups is 2. The van der Waals surface area contributed by atoms with Crippen LogP contribution in [0.1, 0.15) is 5.56 Å². The van der Waals surface area contributed by atoms with Crippen LogP contribution in [-0.2, 0) is 4.79 Å². The highest BCUT2D eigenvalue weighted by Crippen LogP contribution is 2.10. The standard InChI is InChI=1S/C16H18N4O3/c1-3-9-20(11-15(21)18-14-8-10-23-19-14)16(22)17-13-6-4-12(2)5-7-13/h3-8,10H,1,9,11H2,2H3,(H,17,22)(H,18,19,21). The van der Waals surface area contributed by atoms with Crippen LogP contribution in [0.3, 0.4) is 0 Å². The summed E-state index contributed by atoms with van der Waals surface area (Å²) in [5.74, 6) is -0.0766. The number of carbonyl (C=O) groups excluding carboxylic acids is 2. The van der Waals surface area contributed by atoms with Crippen LogP contribution in [0.2, 0.25) is 0 Å². The Balaban J connectivity index is 1.96. The van der Waals surface area contributed by atoms with Crippen LogP contribution in [0.5, 0.6) is 0 Å². The van der Waals surface area contributed by atoms with E-state index in [1.165, 1.54) is 17.2 Å². The predicted octanol–water partition coefficient (Wildman–Crippen LogP) is 2.64. The molecule has 0 saturated heterocycles. The van der Waals surface area contributed by atoms with E-state index in [0.29, 0.717) is 11.5 Å². The number of nitrogens with zero attached hydrogens (tertiary/aromatic N) is 2. The van der Waals surface area contributed by atoms with Crippen LogP contribution < -0.4 is 10.6 Å². The van der Waals surface area contributed by atoms with Gasteiger partial charge in [0.15, 0.2) is 5.82 Å². The van der Waals surface area contributed by atoms with Gasteiger partial charge in [0.05, 0.1) is 0 Å².